The molecule has 0 unspecified atom stereocenters. The van der Waals surface area contributed by atoms with E-state index in [9.17, 15) is 14.4 Å². The van der Waals surface area contributed by atoms with Crippen molar-refractivity contribution in [1.82, 2.24) is 20.4 Å². The summed E-state index contributed by atoms with van der Waals surface area (Å²) >= 11 is 1.19. The number of anilines is 1. The van der Waals surface area contributed by atoms with Crippen molar-refractivity contribution in [3.05, 3.63) is 53.6 Å². The molecule has 3 aliphatic carbocycles. The van der Waals surface area contributed by atoms with Gasteiger partial charge in [0.2, 0.25) is 16.9 Å². The van der Waals surface area contributed by atoms with Gasteiger partial charge in [-0.25, -0.2) is 4.79 Å². The lowest BCUT2D eigenvalue weighted by molar-refractivity contribution is -0.143. The van der Waals surface area contributed by atoms with E-state index in [1.807, 2.05) is 30.3 Å². The Morgan fingerprint density at radius 3 is 2.33 bits per heavy atom. The molecule has 4 amide bonds. The van der Waals surface area contributed by atoms with Crippen LogP contribution in [0.15, 0.2) is 48.0 Å². The van der Waals surface area contributed by atoms with E-state index in [0.717, 1.165) is 18.4 Å². The smallest absolute Gasteiger partial charge is 0.317 e. The van der Waals surface area contributed by atoms with Crippen LogP contribution in [0.25, 0.3) is 0 Å². The number of rotatable bonds is 5. The fourth-order valence-electron chi connectivity index (χ4n) is 4.96. The van der Waals surface area contributed by atoms with E-state index in [1.54, 1.807) is 0 Å². The average molecular weight is 423 g/mol. The largest absolute Gasteiger partial charge is 0.322 e. The first-order valence-electron chi connectivity index (χ1n) is 10.0. The molecule has 154 valence electrons. The van der Waals surface area contributed by atoms with E-state index in [1.165, 1.54) is 21.7 Å². The predicted octanol–water partition coefficient (Wildman–Crippen LogP) is 2.43. The van der Waals surface area contributed by atoms with Crippen LogP contribution in [0, 0.1) is 23.7 Å². The first-order chi connectivity index (χ1) is 14.6. The summed E-state index contributed by atoms with van der Waals surface area (Å²) in [6.07, 6.45) is 5.61. The molecule has 9 heteroatoms. The van der Waals surface area contributed by atoms with Crippen LogP contribution in [0.5, 0.6) is 0 Å². The lowest BCUT2D eigenvalue weighted by atomic mass is 9.63. The molecule has 1 aromatic heterocycles. The summed E-state index contributed by atoms with van der Waals surface area (Å²) in [6.45, 7) is 0. The summed E-state index contributed by atoms with van der Waals surface area (Å²) in [5.74, 6) is -0.773. The minimum atomic E-state index is -0.773. The van der Waals surface area contributed by atoms with Crippen molar-refractivity contribution in [1.29, 1.82) is 0 Å². The van der Waals surface area contributed by atoms with E-state index in [-0.39, 0.29) is 35.5 Å². The lowest BCUT2D eigenvalue weighted by Crippen LogP contribution is -2.53. The fraction of sp³-hybridized carbons (Fsp3) is 0.381. The number of imide groups is 1. The number of fused-ring (bicyclic) bond motifs is 1. The third-order valence-corrected chi connectivity index (χ3v) is 6.86. The van der Waals surface area contributed by atoms with Gasteiger partial charge in [0, 0.05) is 6.42 Å². The van der Waals surface area contributed by atoms with Crippen LogP contribution in [0.1, 0.15) is 18.4 Å². The highest BCUT2D eigenvalue weighted by Crippen LogP contribution is 2.49. The molecule has 5 atom stereocenters. The fourth-order valence-corrected chi connectivity index (χ4v) is 5.40. The molecule has 0 radical (unpaired) electrons. The van der Waals surface area contributed by atoms with Crippen LogP contribution >= 0.6 is 11.3 Å². The molecule has 4 aliphatic rings. The molecule has 6 rings (SSSR count). The number of hydrogen-bond donors (Lipinski definition) is 2. The maximum Gasteiger partial charge on any atom is 0.322 e. The molecule has 2 aromatic rings. The molecule has 1 aromatic carbocycles. The second-order valence-corrected chi connectivity index (χ2v) is 8.77. The maximum absolute atomic E-state index is 13.3. The average Bonchev–Trinajstić information content (AvgIpc) is 3.36. The zero-order valence-electron chi connectivity index (χ0n) is 16.1. The Labute approximate surface area is 177 Å². The molecule has 2 heterocycles. The zero-order chi connectivity index (χ0) is 20.7. The quantitative estimate of drug-likeness (QED) is 0.568. The van der Waals surface area contributed by atoms with Gasteiger partial charge >= 0.3 is 6.03 Å². The van der Waals surface area contributed by atoms with Crippen LogP contribution in [-0.2, 0) is 16.0 Å². The minimum Gasteiger partial charge on any atom is -0.317 e. The summed E-state index contributed by atoms with van der Waals surface area (Å²) in [7, 11) is 0. The third-order valence-electron chi connectivity index (χ3n) is 6.26. The first-order valence-corrected chi connectivity index (χ1v) is 10.9. The Morgan fingerprint density at radius 1 is 1.10 bits per heavy atom. The maximum atomic E-state index is 13.3. The highest BCUT2D eigenvalue weighted by Gasteiger charge is 2.58. The number of nitrogens with zero attached hydrogens (tertiary/aromatic N) is 3. The summed E-state index contributed by atoms with van der Waals surface area (Å²) in [6, 6.07) is 9.00. The molecule has 2 N–H and O–H groups in total. The summed E-state index contributed by atoms with van der Waals surface area (Å²) < 4.78 is 0. The van der Waals surface area contributed by atoms with Crippen molar-refractivity contribution in [3.8, 4) is 0 Å². The summed E-state index contributed by atoms with van der Waals surface area (Å²) in [5.41, 5.74) is 2.44. The van der Waals surface area contributed by atoms with Crippen molar-refractivity contribution < 1.29 is 14.4 Å². The molecule has 2 fully saturated rings. The summed E-state index contributed by atoms with van der Waals surface area (Å²) in [4.78, 5) is 40.6. The number of aromatic nitrogens is 2. The van der Waals surface area contributed by atoms with Crippen LogP contribution < -0.4 is 10.6 Å². The minimum absolute atomic E-state index is 0.106. The Bertz CT molecular complexity index is 961. The Kier molecular flexibility index (Phi) is 4.82. The molecule has 30 heavy (non-hydrogen) atoms. The molecule has 0 spiro atoms. The van der Waals surface area contributed by atoms with Gasteiger partial charge in [0.15, 0.2) is 0 Å². The standard InChI is InChI=1S/C21H21N5O3S/c27-18-16-13-6-7-14(9-8-13)17(16)19(28)26(18)15(10-12-4-2-1-3-5-12)23-20(29)24-21-25-22-11-30-21/h1-7,11,13-17H,8-10H2,(H2,23,24,25,29)/t13-,14-,15-,16-,17+/m0/s1. The second kappa shape index (κ2) is 7.64. The van der Waals surface area contributed by atoms with Gasteiger partial charge in [0.25, 0.3) is 0 Å². The number of carbonyl (C=O) groups is 3. The van der Waals surface area contributed by atoms with Gasteiger partial charge in [0.05, 0.1) is 11.8 Å². The molecular formula is C21H21N5O3S. The zero-order valence-corrected chi connectivity index (χ0v) is 16.9. The number of amides is 4. The van der Waals surface area contributed by atoms with E-state index in [0.29, 0.717) is 11.6 Å². The monoisotopic (exact) mass is 423 g/mol. The van der Waals surface area contributed by atoms with Crippen LogP contribution in [0.2, 0.25) is 0 Å². The number of nitrogens with one attached hydrogen (secondary N) is 2. The van der Waals surface area contributed by atoms with Crippen LogP contribution in [0.4, 0.5) is 9.93 Å². The van der Waals surface area contributed by atoms with Gasteiger partial charge in [-0.15, -0.1) is 10.2 Å². The van der Waals surface area contributed by atoms with Crippen molar-refractivity contribution in [3.63, 3.8) is 0 Å². The second-order valence-electron chi connectivity index (χ2n) is 7.94. The van der Waals surface area contributed by atoms with Gasteiger partial charge in [-0.1, -0.05) is 53.8 Å². The van der Waals surface area contributed by atoms with E-state index >= 15 is 0 Å². The number of carbonyl (C=O) groups excluding carboxylic acids is 3. The number of likely N-dealkylation sites (tertiary alicyclic amines) is 1. The topological polar surface area (TPSA) is 104 Å². The number of urea groups is 1. The number of benzene rings is 1. The van der Waals surface area contributed by atoms with Gasteiger partial charge < -0.3 is 5.32 Å². The molecule has 1 saturated heterocycles. The van der Waals surface area contributed by atoms with Crippen molar-refractivity contribution in [2.45, 2.75) is 25.4 Å². The lowest BCUT2D eigenvalue weighted by Gasteiger charge is -2.38. The Morgan fingerprint density at radius 2 is 1.77 bits per heavy atom. The van der Waals surface area contributed by atoms with Crippen molar-refractivity contribution in [2.75, 3.05) is 5.32 Å². The normalized spacial score (nSPS) is 27.8. The van der Waals surface area contributed by atoms with Gasteiger partial charge in [0.1, 0.15) is 11.7 Å². The highest BCUT2D eigenvalue weighted by molar-refractivity contribution is 7.13. The van der Waals surface area contributed by atoms with Crippen molar-refractivity contribution >= 4 is 34.3 Å². The van der Waals surface area contributed by atoms with E-state index < -0.39 is 12.2 Å². The van der Waals surface area contributed by atoms with Crippen LogP contribution in [-0.4, -0.2) is 39.1 Å². The van der Waals surface area contributed by atoms with Crippen molar-refractivity contribution in [2.24, 2.45) is 23.7 Å². The molecule has 1 aliphatic heterocycles. The number of allylic oxidation sites excluding steroid dienone is 2. The van der Waals surface area contributed by atoms with Gasteiger partial charge in [-0.05, 0) is 30.2 Å². The first kappa shape index (κ1) is 18.9. The van der Waals surface area contributed by atoms with E-state index in [2.05, 4.69) is 33.0 Å². The highest BCUT2D eigenvalue weighted by atomic mass is 32.1. The van der Waals surface area contributed by atoms with E-state index in [4.69, 9.17) is 0 Å². The molecule has 2 bridgehead atoms. The number of hydrogen-bond acceptors (Lipinski definition) is 6. The van der Waals surface area contributed by atoms with Crippen LogP contribution in [0.3, 0.4) is 0 Å². The van der Waals surface area contributed by atoms with Gasteiger partial charge in [-0.3, -0.25) is 19.8 Å². The molecular weight excluding hydrogens is 402 g/mol. The summed E-state index contributed by atoms with van der Waals surface area (Å²) in [5, 5.41) is 13.3. The Balaban J connectivity index is 1.41. The SMILES string of the molecule is O=C(Nc1nncs1)N[C@H](Cc1ccccc1)N1C(=O)[C@@H]2[C@H](C1=O)[C@H]1C=C[C@H]2CC1. The molecule has 1 saturated carbocycles. The predicted molar refractivity (Wildman–Crippen MR) is 110 cm³/mol. The third kappa shape index (κ3) is 3.28. The molecule has 8 nitrogen and oxygen atoms in total. The Hall–Kier alpha value is -3.07. The van der Waals surface area contributed by atoms with Gasteiger partial charge in [-0.2, -0.15) is 0 Å².